The zero-order chi connectivity index (χ0) is 23.2. The number of nitrogens with two attached hydrogens (primary N) is 1. The van der Waals surface area contributed by atoms with Crippen LogP contribution in [0.15, 0.2) is 67.0 Å². The van der Waals surface area contributed by atoms with E-state index in [1.165, 1.54) is 12.1 Å². The SMILES string of the molecule is COc1cccc2c1ccn2CC1CCc2nc(-c3ccc(F)cc3)c(-c3ccnc(N)n3)n21. The summed E-state index contributed by atoms with van der Waals surface area (Å²) in [5.41, 5.74) is 10.3. The van der Waals surface area contributed by atoms with Gasteiger partial charge in [-0.25, -0.2) is 19.3 Å². The van der Waals surface area contributed by atoms with Crippen molar-refractivity contribution in [2.45, 2.75) is 25.4 Å². The lowest BCUT2D eigenvalue weighted by Gasteiger charge is -2.19. The molecule has 170 valence electrons. The Morgan fingerprint density at radius 1 is 1.09 bits per heavy atom. The van der Waals surface area contributed by atoms with Crippen LogP contribution in [0.2, 0.25) is 0 Å². The molecule has 7 nitrogen and oxygen atoms in total. The predicted octanol–water partition coefficient (Wildman–Crippen LogP) is 4.88. The molecule has 2 N–H and O–H groups in total. The highest BCUT2D eigenvalue weighted by Crippen LogP contribution is 2.40. The molecular weight excluding hydrogens is 431 g/mol. The van der Waals surface area contributed by atoms with Crippen molar-refractivity contribution < 1.29 is 9.13 Å². The summed E-state index contributed by atoms with van der Waals surface area (Å²) in [6.07, 6.45) is 5.57. The molecule has 0 amide bonds. The largest absolute Gasteiger partial charge is 0.496 e. The fourth-order valence-electron chi connectivity index (χ4n) is 4.97. The number of benzene rings is 2. The third kappa shape index (κ3) is 3.30. The molecule has 5 aromatic rings. The van der Waals surface area contributed by atoms with Gasteiger partial charge >= 0.3 is 0 Å². The van der Waals surface area contributed by atoms with Crippen LogP contribution in [0.3, 0.4) is 0 Å². The molecule has 0 bridgehead atoms. The van der Waals surface area contributed by atoms with Crippen LogP contribution in [0.1, 0.15) is 18.3 Å². The van der Waals surface area contributed by atoms with Crippen molar-refractivity contribution in [1.82, 2.24) is 24.1 Å². The van der Waals surface area contributed by atoms with Gasteiger partial charge in [-0.05, 0) is 55.0 Å². The maximum absolute atomic E-state index is 13.6. The summed E-state index contributed by atoms with van der Waals surface area (Å²) in [5, 5.41) is 1.09. The number of methoxy groups -OCH3 is 1. The van der Waals surface area contributed by atoms with Crippen molar-refractivity contribution >= 4 is 16.9 Å². The molecule has 0 saturated carbocycles. The Balaban J connectivity index is 1.48. The Kier molecular flexibility index (Phi) is 4.79. The maximum Gasteiger partial charge on any atom is 0.220 e. The lowest BCUT2D eigenvalue weighted by molar-refractivity contribution is 0.419. The normalized spacial score (nSPS) is 15.1. The monoisotopic (exact) mass is 454 g/mol. The van der Waals surface area contributed by atoms with Gasteiger partial charge in [-0.3, -0.25) is 0 Å². The van der Waals surface area contributed by atoms with Gasteiger partial charge in [0.25, 0.3) is 0 Å². The van der Waals surface area contributed by atoms with Gasteiger partial charge in [0.2, 0.25) is 5.95 Å². The van der Waals surface area contributed by atoms with Crippen LogP contribution in [-0.4, -0.2) is 31.2 Å². The second-order valence-corrected chi connectivity index (χ2v) is 8.46. The summed E-state index contributed by atoms with van der Waals surface area (Å²) >= 11 is 0. The first-order valence-electron chi connectivity index (χ1n) is 11.2. The average Bonchev–Trinajstić information content (AvgIpc) is 3.54. The van der Waals surface area contributed by atoms with Gasteiger partial charge in [-0.2, -0.15) is 0 Å². The molecule has 6 rings (SSSR count). The van der Waals surface area contributed by atoms with Gasteiger partial charge in [0.1, 0.15) is 17.4 Å². The molecule has 0 fully saturated rings. The molecule has 4 heterocycles. The van der Waals surface area contributed by atoms with E-state index in [-0.39, 0.29) is 17.8 Å². The van der Waals surface area contributed by atoms with E-state index < -0.39 is 0 Å². The number of halogens is 1. The van der Waals surface area contributed by atoms with Gasteiger partial charge in [-0.15, -0.1) is 0 Å². The zero-order valence-electron chi connectivity index (χ0n) is 18.6. The van der Waals surface area contributed by atoms with E-state index in [4.69, 9.17) is 15.5 Å². The molecule has 2 aromatic carbocycles. The average molecular weight is 455 g/mol. The van der Waals surface area contributed by atoms with Crippen molar-refractivity contribution in [3.63, 3.8) is 0 Å². The molecule has 1 atom stereocenters. The summed E-state index contributed by atoms with van der Waals surface area (Å²) in [6, 6.07) is 16.6. The van der Waals surface area contributed by atoms with Gasteiger partial charge in [0.15, 0.2) is 0 Å². The highest BCUT2D eigenvalue weighted by atomic mass is 19.1. The van der Waals surface area contributed by atoms with E-state index in [1.54, 1.807) is 25.4 Å². The molecule has 0 radical (unpaired) electrons. The summed E-state index contributed by atoms with van der Waals surface area (Å²) in [5.74, 6) is 1.78. The molecule has 1 aliphatic heterocycles. The van der Waals surface area contributed by atoms with E-state index in [2.05, 4.69) is 37.4 Å². The van der Waals surface area contributed by atoms with E-state index >= 15 is 0 Å². The Hall–Kier alpha value is -4.20. The second kappa shape index (κ2) is 7.98. The van der Waals surface area contributed by atoms with Crippen LogP contribution < -0.4 is 10.5 Å². The fourth-order valence-corrected chi connectivity index (χ4v) is 4.97. The number of fused-ring (bicyclic) bond motifs is 2. The van der Waals surface area contributed by atoms with E-state index in [0.29, 0.717) is 5.69 Å². The third-order valence-corrected chi connectivity index (χ3v) is 6.49. The minimum absolute atomic E-state index is 0.171. The molecule has 8 heteroatoms. The number of rotatable bonds is 5. The first-order chi connectivity index (χ1) is 16.6. The van der Waals surface area contributed by atoms with Crippen LogP contribution in [0.5, 0.6) is 5.75 Å². The third-order valence-electron chi connectivity index (χ3n) is 6.49. The van der Waals surface area contributed by atoms with E-state index in [0.717, 1.165) is 58.8 Å². The molecule has 3 aromatic heterocycles. The van der Waals surface area contributed by atoms with Crippen LogP contribution in [0.25, 0.3) is 33.5 Å². The number of aromatic nitrogens is 5. The minimum atomic E-state index is -0.281. The van der Waals surface area contributed by atoms with Crippen LogP contribution >= 0.6 is 0 Å². The smallest absolute Gasteiger partial charge is 0.220 e. The molecule has 1 aliphatic rings. The van der Waals surface area contributed by atoms with Crippen LogP contribution in [0.4, 0.5) is 10.3 Å². The summed E-state index contributed by atoms with van der Waals surface area (Å²) in [7, 11) is 1.69. The lowest BCUT2D eigenvalue weighted by atomic mass is 10.1. The molecular formula is C26H23FN6O. The van der Waals surface area contributed by atoms with Crippen molar-refractivity contribution in [3.05, 3.63) is 78.6 Å². The first kappa shape index (κ1) is 20.4. The molecule has 0 aliphatic carbocycles. The van der Waals surface area contributed by atoms with Crippen molar-refractivity contribution in [2.24, 2.45) is 0 Å². The Morgan fingerprint density at radius 3 is 2.74 bits per heavy atom. The number of aryl methyl sites for hydroxylation is 1. The summed E-state index contributed by atoms with van der Waals surface area (Å²) in [6.45, 7) is 0.774. The Bertz CT molecular complexity index is 1500. The van der Waals surface area contributed by atoms with E-state index in [9.17, 15) is 4.39 Å². The Morgan fingerprint density at radius 2 is 1.94 bits per heavy atom. The molecule has 34 heavy (non-hydrogen) atoms. The number of ether oxygens (including phenoxy) is 1. The quantitative estimate of drug-likeness (QED) is 0.409. The summed E-state index contributed by atoms with van der Waals surface area (Å²) < 4.78 is 23.7. The van der Waals surface area contributed by atoms with Crippen LogP contribution in [-0.2, 0) is 13.0 Å². The standard InChI is InChI=1S/C26H23FN6O/c1-34-22-4-2-3-21-19(22)12-14-32(21)15-18-9-10-23-31-24(16-5-7-17(27)8-6-16)25(33(18)23)20-11-13-29-26(28)30-20/h2-8,11-14,18H,9-10,15H2,1H3,(H2,28,29,30). The van der Waals surface area contributed by atoms with E-state index in [1.807, 2.05) is 18.2 Å². The number of nitrogens with zero attached hydrogens (tertiary/aromatic N) is 5. The van der Waals surface area contributed by atoms with Crippen molar-refractivity contribution in [1.29, 1.82) is 0 Å². The highest BCUT2D eigenvalue weighted by molar-refractivity contribution is 5.86. The number of hydrogen-bond acceptors (Lipinski definition) is 5. The van der Waals surface area contributed by atoms with Gasteiger partial charge < -0.3 is 19.6 Å². The van der Waals surface area contributed by atoms with Gasteiger partial charge in [0.05, 0.1) is 35.8 Å². The maximum atomic E-state index is 13.6. The number of nitrogen functional groups attached to an aromatic ring is 1. The van der Waals surface area contributed by atoms with Gasteiger partial charge in [-0.1, -0.05) is 6.07 Å². The first-order valence-corrected chi connectivity index (χ1v) is 11.2. The summed E-state index contributed by atoms with van der Waals surface area (Å²) in [4.78, 5) is 13.5. The molecule has 0 spiro atoms. The number of imidazole rings is 1. The number of anilines is 1. The van der Waals surface area contributed by atoms with Crippen molar-refractivity contribution in [3.8, 4) is 28.4 Å². The minimum Gasteiger partial charge on any atom is -0.496 e. The van der Waals surface area contributed by atoms with Crippen molar-refractivity contribution in [2.75, 3.05) is 12.8 Å². The predicted molar refractivity (Wildman–Crippen MR) is 129 cm³/mol. The second-order valence-electron chi connectivity index (χ2n) is 8.46. The Labute approximate surface area is 195 Å². The van der Waals surface area contributed by atoms with Crippen LogP contribution in [0, 0.1) is 5.82 Å². The zero-order valence-corrected chi connectivity index (χ0v) is 18.6. The van der Waals surface area contributed by atoms with Gasteiger partial charge in [0, 0.05) is 36.3 Å². The number of hydrogen-bond donors (Lipinski definition) is 1. The lowest BCUT2D eigenvalue weighted by Crippen LogP contribution is -2.13. The molecule has 0 saturated heterocycles. The fraction of sp³-hybridized carbons (Fsp3) is 0.192. The highest BCUT2D eigenvalue weighted by Gasteiger charge is 2.31. The molecule has 1 unspecified atom stereocenters. The topological polar surface area (TPSA) is 83.8 Å².